The second-order valence-electron chi connectivity index (χ2n) is 1.39. The molecule has 6 heteroatoms. The summed E-state index contributed by atoms with van der Waals surface area (Å²) >= 11 is 5.30. The van der Waals surface area contributed by atoms with Crippen LogP contribution in [0.25, 0.3) is 0 Å². The quantitative estimate of drug-likeness (QED) is 0.489. The molecule has 0 aromatic rings. The Labute approximate surface area is 68.4 Å². The Hall–Kier alpha value is 0.0300. The van der Waals surface area contributed by atoms with Gasteiger partial charge in [-0.15, -0.1) is 0 Å². The van der Waals surface area contributed by atoms with Crippen LogP contribution < -0.4 is 0 Å². The first-order valence-electron chi connectivity index (χ1n) is 2.41. The van der Waals surface area contributed by atoms with Crippen molar-refractivity contribution in [3.63, 3.8) is 0 Å². The molecule has 1 atom stereocenters. The molecule has 0 rings (SSSR count). The average molecular weight is 187 g/mol. The molecule has 0 saturated heterocycles. The highest BCUT2D eigenvalue weighted by atomic mass is 35.5. The Morgan fingerprint density at radius 3 is 2.70 bits per heavy atom. The van der Waals surface area contributed by atoms with Crippen LogP contribution in [0.2, 0.25) is 0 Å². The number of hydrogen-bond donors (Lipinski definition) is 0. The summed E-state index contributed by atoms with van der Waals surface area (Å²) in [5.74, 6) is -0.471. The van der Waals surface area contributed by atoms with Crippen LogP contribution in [0.15, 0.2) is 0 Å². The molecule has 10 heavy (non-hydrogen) atoms. The minimum atomic E-state index is -0.672. The minimum absolute atomic E-state index is 0.471. The number of carbonyl (C=O) groups excluding carboxylic acids is 1. The normalized spacial score (nSPS) is 12.7. The maximum absolute atomic E-state index is 10.6. The lowest BCUT2D eigenvalue weighted by Gasteiger charge is -2.05. The van der Waals surface area contributed by atoms with Gasteiger partial charge in [0.05, 0.1) is 19.0 Å². The molecule has 0 aliphatic carbocycles. The van der Waals surface area contributed by atoms with Crippen molar-refractivity contribution in [1.29, 1.82) is 0 Å². The molecule has 0 aromatic heterocycles. The van der Waals surface area contributed by atoms with Crippen LogP contribution in [0, 0.1) is 0 Å². The number of halogens is 1. The highest BCUT2D eigenvalue weighted by molar-refractivity contribution is 7.90. The predicted octanol–water partition coefficient (Wildman–Crippen LogP) is 1.30. The summed E-state index contributed by atoms with van der Waals surface area (Å²) in [5.41, 5.74) is 0. The Bertz CT molecular complexity index is 109. The van der Waals surface area contributed by atoms with Crippen molar-refractivity contribution in [1.82, 2.24) is 0 Å². The zero-order valence-corrected chi connectivity index (χ0v) is 7.07. The molecule has 0 spiro atoms. The van der Waals surface area contributed by atoms with Gasteiger partial charge in [0.2, 0.25) is 0 Å². The standard InChI is InChI=1S/C4H7ClO4S/c1-3(4(6)7-2)8-10-9-5/h3H,1-2H3/t3-/m0/s1. The lowest BCUT2D eigenvalue weighted by Crippen LogP contribution is -2.19. The second kappa shape index (κ2) is 5.79. The predicted molar refractivity (Wildman–Crippen MR) is 37.1 cm³/mol. The van der Waals surface area contributed by atoms with Crippen molar-refractivity contribution in [2.45, 2.75) is 13.0 Å². The van der Waals surface area contributed by atoms with E-state index in [2.05, 4.69) is 12.7 Å². The van der Waals surface area contributed by atoms with Gasteiger partial charge in [-0.2, -0.15) is 3.74 Å². The molecule has 60 valence electrons. The number of methoxy groups -OCH3 is 1. The molecular weight excluding hydrogens is 180 g/mol. The Morgan fingerprint density at radius 1 is 1.70 bits per heavy atom. The molecule has 0 radical (unpaired) electrons. The number of rotatable bonds is 4. The summed E-state index contributed by atoms with van der Waals surface area (Å²) in [7, 11) is 1.27. The average Bonchev–Trinajstić information content (AvgIpc) is 1.98. The monoisotopic (exact) mass is 186 g/mol. The molecule has 0 unspecified atom stereocenters. The molecule has 0 bridgehead atoms. The summed E-state index contributed by atoms with van der Waals surface area (Å²) in [6.07, 6.45) is -0.672. The third-order valence-electron chi connectivity index (χ3n) is 0.742. The van der Waals surface area contributed by atoms with Crippen molar-refractivity contribution in [3.8, 4) is 0 Å². The molecule has 0 aromatic carbocycles. The summed E-state index contributed by atoms with van der Waals surface area (Å²) in [5, 5.41) is 0. The van der Waals surface area contributed by atoms with E-state index >= 15 is 0 Å². The van der Waals surface area contributed by atoms with Crippen LogP contribution in [0.4, 0.5) is 0 Å². The van der Waals surface area contributed by atoms with E-state index < -0.39 is 12.1 Å². The zero-order chi connectivity index (χ0) is 7.98. The number of hydrogen-bond acceptors (Lipinski definition) is 5. The zero-order valence-electron chi connectivity index (χ0n) is 5.50. The van der Waals surface area contributed by atoms with Gasteiger partial charge in [0.25, 0.3) is 0 Å². The fourth-order valence-corrected chi connectivity index (χ4v) is 0.594. The Morgan fingerprint density at radius 2 is 2.30 bits per heavy atom. The fourth-order valence-electron chi connectivity index (χ4n) is 0.279. The van der Waals surface area contributed by atoms with Crippen LogP contribution in [0.3, 0.4) is 0 Å². The van der Waals surface area contributed by atoms with Crippen molar-refractivity contribution < 1.29 is 17.5 Å². The Kier molecular flexibility index (Phi) is 5.81. The van der Waals surface area contributed by atoms with Crippen molar-refractivity contribution in [2.75, 3.05) is 7.11 Å². The molecule has 0 N–H and O–H groups in total. The van der Waals surface area contributed by atoms with Gasteiger partial charge in [0.15, 0.2) is 18.4 Å². The summed E-state index contributed by atoms with van der Waals surface area (Å²) < 4.78 is 12.9. The van der Waals surface area contributed by atoms with Crippen LogP contribution in [-0.4, -0.2) is 19.2 Å². The van der Waals surface area contributed by atoms with Crippen LogP contribution >= 0.6 is 24.2 Å². The summed E-state index contributed by atoms with van der Waals surface area (Å²) in [6, 6.07) is 0. The molecule has 0 fully saturated rings. The molecule has 0 aliphatic rings. The highest BCUT2D eigenvalue weighted by Gasteiger charge is 2.13. The fraction of sp³-hybridized carbons (Fsp3) is 0.750. The van der Waals surface area contributed by atoms with E-state index in [-0.39, 0.29) is 0 Å². The molecule has 0 heterocycles. The summed E-state index contributed by atoms with van der Waals surface area (Å²) in [6.45, 7) is 1.52. The van der Waals surface area contributed by atoms with E-state index in [0.717, 1.165) is 0 Å². The van der Waals surface area contributed by atoms with Crippen molar-refractivity contribution in [2.24, 2.45) is 0 Å². The highest BCUT2D eigenvalue weighted by Crippen LogP contribution is 2.10. The maximum atomic E-state index is 10.6. The van der Waals surface area contributed by atoms with Gasteiger partial charge in [-0.05, 0) is 6.92 Å². The van der Waals surface area contributed by atoms with Crippen molar-refractivity contribution >= 4 is 30.2 Å². The van der Waals surface area contributed by atoms with Crippen molar-refractivity contribution in [3.05, 3.63) is 0 Å². The van der Waals surface area contributed by atoms with Gasteiger partial charge in [0.1, 0.15) is 0 Å². The van der Waals surface area contributed by atoms with Crippen LogP contribution in [0.5, 0.6) is 0 Å². The number of ether oxygens (including phenoxy) is 1. The van der Waals surface area contributed by atoms with E-state index in [1.54, 1.807) is 0 Å². The largest absolute Gasteiger partial charge is 0.467 e. The Balaban J connectivity index is 3.41. The molecule has 0 aliphatic heterocycles. The lowest BCUT2D eigenvalue weighted by atomic mass is 10.4. The number of esters is 1. The SMILES string of the molecule is COC(=O)[C@H](C)OSOCl. The summed E-state index contributed by atoms with van der Waals surface area (Å²) in [4.78, 5) is 10.6. The first-order chi connectivity index (χ1) is 4.72. The van der Waals surface area contributed by atoms with E-state index in [1.807, 2.05) is 0 Å². The molecule has 4 nitrogen and oxygen atoms in total. The third kappa shape index (κ3) is 3.94. The van der Waals surface area contributed by atoms with E-state index in [4.69, 9.17) is 11.9 Å². The van der Waals surface area contributed by atoms with Gasteiger partial charge in [-0.1, -0.05) is 0 Å². The molecule has 0 amide bonds. The molecular formula is C4H7ClO4S. The van der Waals surface area contributed by atoms with E-state index in [9.17, 15) is 4.79 Å². The lowest BCUT2D eigenvalue weighted by molar-refractivity contribution is -0.147. The first kappa shape index (κ1) is 10.0. The number of carbonyl (C=O) groups is 1. The third-order valence-corrected chi connectivity index (χ3v) is 1.32. The maximum Gasteiger partial charge on any atom is 0.336 e. The van der Waals surface area contributed by atoms with Gasteiger partial charge in [-0.25, -0.2) is 4.79 Å². The van der Waals surface area contributed by atoms with Crippen LogP contribution in [-0.2, 0) is 17.5 Å². The first-order valence-corrected chi connectivity index (χ1v) is 3.38. The minimum Gasteiger partial charge on any atom is -0.467 e. The van der Waals surface area contributed by atoms with Gasteiger partial charge in [-0.3, -0.25) is 4.18 Å². The molecule has 0 saturated carbocycles. The van der Waals surface area contributed by atoms with Gasteiger partial charge < -0.3 is 4.74 Å². The topological polar surface area (TPSA) is 44.8 Å². The van der Waals surface area contributed by atoms with E-state index in [0.29, 0.717) is 12.3 Å². The smallest absolute Gasteiger partial charge is 0.336 e. The second-order valence-corrected chi connectivity index (χ2v) is 2.23. The van der Waals surface area contributed by atoms with Gasteiger partial charge >= 0.3 is 5.97 Å². The van der Waals surface area contributed by atoms with Crippen LogP contribution in [0.1, 0.15) is 6.92 Å². The van der Waals surface area contributed by atoms with Gasteiger partial charge in [0, 0.05) is 0 Å². The van der Waals surface area contributed by atoms with E-state index in [1.165, 1.54) is 14.0 Å².